The van der Waals surface area contributed by atoms with Crippen molar-refractivity contribution in [1.29, 1.82) is 0 Å². The van der Waals surface area contributed by atoms with E-state index < -0.39 is 22.2 Å². The second-order valence-electron chi connectivity index (χ2n) is 10.2. The van der Waals surface area contributed by atoms with Gasteiger partial charge in [-0.15, -0.1) is 0 Å². The maximum atomic E-state index is 12.7. The van der Waals surface area contributed by atoms with Crippen LogP contribution in [0.1, 0.15) is 51.9 Å². The van der Waals surface area contributed by atoms with Crippen molar-refractivity contribution < 1.29 is 38.0 Å². The van der Waals surface area contributed by atoms with Crippen LogP contribution in [0.5, 0.6) is 0 Å². The Hall–Kier alpha value is -1.22. The Kier molecular flexibility index (Phi) is 4.01. The molecule has 6 rings (SSSR count). The minimum Gasteiger partial charge on any atom is -0.465 e. The normalized spacial score (nSPS) is 53.7. The number of rotatable bonds is 2. The van der Waals surface area contributed by atoms with E-state index in [0.29, 0.717) is 32.7 Å². The van der Waals surface area contributed by atoms with E-state index in [4.69, 9.17) is 28.4 Å². The Labute approximate surface area is 175 Å². The summed E-state index contributed by atoms with van der Waals surface area (Å²) >= 11 is 0. The molecule has 166 valence electrons. The Morgan fingerprint density at radius 3 is 2.67 bits per heavy atom. The fraction of sp³-hybridized carbons (Fsp3) is 0.909. The lowest BCUT2D eigenvalue weighted by Crippen LogP contribution is -2.74. The SMILES string of the molecule is CO[C@H]1C[C@]2(CC[C@@]3(O2)[C@]2(CO2)C[C@@H](OC(C)=O)[C@H]2[C@@H]4CCC[C@@]23COC4=O)CO1. The fourth-order valence-corrected chi connectivity index (χ4v) is 7.76. The standard InChI is InChI=1S/C22H30O8/c1-13(23)29-15-8-21(12-28-21)22(7-6-19(30-22)9-16(25-2)26-10-19)20-5-3-4-14(17(15)20)18(24)27-11-20/h14-17H,3-12H2,1-2H3/t14-,15+,16+,17+,19+,20+,21+,22-/m0/s1. The van der Waals surface area contributed by atoms with E-state index in [1.165, 1.54) is 6.92 Å². The maximum absolute atomic E-state index is 12.7. The number of epoxide rings is 1. The molecule has 4 aliphatic heterocycles. The lowest BCUT2D eigenvalue weighted by Gasteiger charge is -2.64. The van der Waals surface area contributed by atoms with Gasteiger partial charge in [0.15, 0.2) is 6.29 Å². The first kappa shape index (κ1) is 19.5. The van der Waals surface area contributed by atoms with E-state index in [2.05, 4.69) is 0 Å². The predicted molar refractivity (Wildman–Crippen MR) is 100 cm³/mol. The van der Waals surface area contributed by atoms with Crippen molar-refractivity contribution in [3.8, 4) is 0 Å². The first-order valence-electron chi connectivity index (χ1n) is 11.2. The zero-order valence-corrected chi connectivity index (χ0v) is 17.6. The van der Waals surface area contributed by atoms with Crippen LogP contribution in [0.15, 0.2) is 0 Å². The molecule has 0 radical (unpaired) electrons. The largest absolute Gasteiger partial charge is 0.465 e. The summed E-state index contributed by atoms with van der Waals surface area (Å²) in [5.41, 5.74) is -1.87. The molecule has 3 spiro atoms. The summed E-state index contributed by atoms with van der Waals surface area (Å²) in [5, 5.41) is 0. The van der Waals surface area contributed by atoms with Crippen LogP contribution in [-0.2, 0) is 38.0 Å². The van der Waals surface area contributed by atoms with Gasteiger partial charge in [0.1, 0.15) is 23.9 Å². The number of hydrogen-bond acceptors (Lipinski definition) is 8. The van der Waals surface area contributed by atoms with Crippen molar-refractivity contribution in [2.45, 2.75) is 81.1 Å². The molecule has 6 fully saturated rings. The Morgan fingerprint density at radius 2 is 1.97 bits per heavy atom. The Morgan fingerprint density at radius 1 is 1.13 bits per heavy atom. The van der Waals surface area contributed by atoms with Gasteiger partial charge in [-0.1, -0.05) is 6.42 Å². The molecule has 6 aliphatic rings. The number of carbonyl (C=O) groups is 2. The van der Waals surface area contributed by atoms with Crippen molar-refractivity contribution in [1.82, 2.24) is 0 Å². The summed E-state index contributed by atoms with van der Waals surface area (Å²) in [7, 11) is 1.66. The first-order chi connectivity index (χ1) is 14.4. The van der Waals surface area contributed by atoms with Crippen LogP contribution in [0.25, 0.3) is 0 Å². The summed E-state index contributed by atoms with van der Waals surface area (Å²) in [6.07, 6.45) is 4.96. The molecule has 8 nitrogen and oxygen atoms in total. The van der Waals surface area contributed by atoms with Crippen LogP contribution in [0.2, 0.25) is 0 Å². The number of methoxy groups -OCH3 is 1. The quantitative estimate of drug-likeness (QED) is 0.491. The van der Waals surface area contributed by atoms with Gasteiger partial charge >= 0.3 is 11.9 Å². The minimum absolute atomic E-state index is 0.0954. The average molecular weight is 422 g/mol. The second kappa shape index (κ2) is 6.18. The third kappa shape index (κ3) is 2.31. The van der Waals surface area contributed by atoms with Crippen molar-refractivity contribution >= 4 is 11.9 Å². The molecule has 0 N–H and O–H groups in total. The molecule has 2 aliphatic carbocycles. The van der Waals surface area contributed by atoms with Crippen LogP contribution < -0.4 is 0 Å². The third-order valence-corrected chi connectivity index (χ3v) is 8.92. The number of fused-ring (bicyclic) bond motifs is 1. The molecule has 2 bridgehead atoms. The van der Waals surface area contributed by atoms with E-state index in [9.17, 15) is 9.59 Å². The Balaban J connectivity index is 1.44. The molecular formula is C22H30O8. The molecule has 8 heteroatoms. The molecule has 30 heavy (non-hydrogen) atoms. The highest BCUT2D eigenvalue weighted by atomic mass is 16.7. The van der Waals surface area contributed by atoms with Crippen molar-refractivity contribution in [2.75, 3.05) is 26.9 Å². The highest BCUT2D eigenvalue weighted by molar-refractivity contribution is 5.75. The van der Waals surface area contributed by atoms with Gasteiger partial charge in [-0.25, -0.2) is 0 Å². The first-order valence-corrected chi connectivity index (χ1v) is 11.2. The van der Waals surface area contributed by atoms with Crippen LogP contribution in [0.3, 0.4) is 0 Å². The number of hydrogen-bond donors (Lipinski definition) is 0. The summed E-state index contributed by atoms with van der Waals surface area (Å²) in [6, 6.07) is 0. The number of esters is 2. The van der Waals surface area contributed by atoms with Crippen molar-refractivity contribution in [3.63, 3.8) is 0 Å². The molecule has 0 aromatic heterocycles. The minimum atomic E-state index is -0.563. The fourth-order valence-electron chi connectivity index (χ4n) is 7.76. The Bertz CT molecular complexity index is 779. The van der Waals surface area contributed by atoms with Gasteiger partial charge in [0.2, 0.25) is 0 Å². The molecule has 0 aromatic carbocycles. The number of carbonyl (C=O) groups excluding carboxylic acids is 2. The highest BCUT2D eigenvalue weighted by Crippen LogP contribution is 2.72. The lowest BCUT2D eigenvalue weighted by molar-refractivity contribution is -0.298. The molecule has 2 saturated carbocycles. The molecule has 4 heterocycles. The van der Waals surface area contributed by atoms with Crippen LogP contribution in [-0.4, -0.2) is 68.1 Å². The summed E-state index contributed by atoms with van der Waals surface area (Å²) < 4.78 is 36.2. The van der Waals surface area contributed by atoms with Crippen LogP contribution in [0.4, 0.5) is 0 Å². The smallest absolute Gasteiger partial charge is 0.309 e. The lowest BCUT2D eigenvalue weighted by atomic mass is 9.45. The van der Waals surface area contributed by atoms with E-state index in [1.54, 1.807) is 7.11 Å². The number of ether oxygens (including phenoxy) is 6. The molecule has 0 amide bonds. The van der Waals surface area contributed by atoms with E-state index in [1.807, 2.05) is 0 Å². The molecule has 8 atom stereocenters. The molecular weight excluding hydrogens is 392 g/mol. The van der Waals surface area contributed by atoms with E-state index in [0.717, 1.165) is 32.1 Å². The zero-order chi connectivity index (χ0) is 20.8. The van der Waals surface area contributed by atoms with E-state index >= 15 is 0 Å². The second-order valence-corrected chi connectivity index (χ2v) is 10.2. The topological polar surface area (TPSA) is 92.8 Å². The number of cyclic esters (lactones) is 1. The van der Waals surface area contributed by atoms with Gasteiger partial charge in [-0.3, -0.25) is 9.59 Å². The van der Waals surface area contributed by atoms with Crippen molar-refractivity contribution in [3.05, 3.63) is 0 Å². The monoisotopic (exact) mass is 422 g/mol. The zero-order valence-electron chi connectivity index (χ0n) is 17.6. The average Bonchev–Trinajstić information content (AvgIpc) is 3.23. The summed E-state index contributed by atoms with van der Waals surface area (Å²) in [4.78, 5) is 24.7. The molecule has 4 saturated heterocycles. The van der Waals surface area contributed by atoms with Gasteiger partial charge in [-0.2, -0.15) is 0 Å². The predicted octanol–water partition coefficient (Wildman–Crippen LogP) is 1.73. The summed E-state index contributed by atoms with van der Waals surface area (Å²) in [5.74, 6) is -0.819. The van der Waals surface area contributed by atoms with Gasteiger partial charge in [0.25, 0.3) is 0 Å². The molecule has 0 aromatic rings. The third-order valence-electron chi connectivity index (χ3n) is 8.92. The van der Waals surface area contributed by atoms with Gasteiger partial charge in [-0.05, 0) is 25.7 Å². The van der Waals surface area contributed by atoms with Gasteiger partial charge in [0.05, 0.1) is 24.7 Å². The van der Waals surface area contributed by atoms with Crippen molar-refractivity contribution in [2.24, 2.45) is 17.3 Å². The van der Waals surface area contributed by atoms with Gasteiger partial charge in [0, 0.05) is 38.2 Å². The highest BCUT2D eigenvalue weighted by Gasteiger charge is 2.82. The molecule has 0 unspecified atom stereocenters. The van der Waals surface area contributed by atoms with Crippen LogP contribution >= 0.6 is 0 Å². The summed E-state index contributed by atoms with van der Waals surface area (Å²) in [6.45, 7) is 2.83. The van der Waals surface area contributed by atoms with E-state index in [-0.39, 0.29) is 36.2 Å². The van der Waals surface area contributed by atoms with Crippen LogP contribution in [0, 0.1) is 17.3 Å². The maximum Gasteiger partial charge on any atom is 0.309 e. The van der Waals surface area contributed by atoms with Gasteiger partial charge < -0.3 is 28.4 Å².